The van der Waals surface area contributed by atoms with Crippen molar-refractivity contribution in [3.63, 3.8) is 0 Å². The van der Waals surface area contributed by atoms with Crippen molar-refractivity contribution in [2.45, 2.75) is 12.3 Å². The molecule has 9 aromatic carbocycles. The fourth-order valence-corrected chi connectivity index (χ4v) is 10.9. The molecule has 2 aromatic heterocycles. The van der Waals surface area contributed by atoms with Crippen molar-refractivity contribution in [2.75, 3.05) is 4.90 Å². The molecule has 5 nitrogen and oxygen atoms in total. The zero-order chi connectivity index (χ0) is 47.5. The molecule has 2 aliphatic rings. The van der Waals surface area contributed by atoms with Gasteiger partial charge >= 0.3 is 0 Å². The minimum atomic E-state index is -0.853. The number of hydrogen-bond donors (Lipinski definition) is 0. The molecular formula is C66H46N4O. The summed E-state index contributed by atoms with van der Waals surface area (Å²) in [4.78, 5) is 13.2. The SMILES string of the molecule is C=C(/C=C\C=C/C)c1ccc2c(c1)C1(c3ccccc3Oc3ccccc31)c1cc(-c3ccc(-n4c5ccccc5c5ccccc54)cc3)ccc1N2c1nc(-c2ccccc2)cc(-c2ccccc2)n1. The molecule has 0 N–H and O–H groups in total. The van der Waals surface area contributed by atoms with Gasteiger partial charge in [-0.1, -0.05) is 189 Å². The van der Waals surface area contributed by atoms with Crippen molar-refractivity contribution in [3.05, 3.63) is 283 Å². The molecule has 0 radical (unpaired) electrons. The van der Waals surface area contributed by atoms with Crippen LogP contribution in [0.2, 0.25) is 0 Å². The van der Waals surface area contributed by atoms with E-state index in [1.54, 1.807) is 0 Å². The van der Waals surface area contributed by atoms with Crippen LogP contribution in [0.4, 0.5) is 17.3 Å². The van der Waals surface area contributed by atoms with Gasteiger partial charge < -0.3 is 9.30 Å². The van der Waals surface area contributed by atoms with E-state index in [0.717, 1.165) is 95.6 Å². The molecular weight excluding hydrogens is 865 g/mol. The van der Waals surface area contributed by atoms with Crippen molar-refractivity contribution in [1.82, 2.24) is 14.5 Å². The molecule has 0 saturated carbocycles. The number of hydrogen-bond acceptors (Lipinski definition) is 4. The Morgan fingerprint density at radius 1 is 0.479 bits per heavy atom. The largest absolute Gasteiger partial charge is 0.457 e. The maximum atomic E-state index is 6.87. The average molecular weight is 911 g/mol. The molecule has 0 fully saturated rings. The van der Waals surface area contributed by atoms with Gasteiger partial charge in [0, 0.05) is 38.7 Å². The fourth-order valence-electron chi connectivity index (χ4n) is 10.9. The van der Waals surface area contributed by atoms with Gasteiger partial charge in [-0.25, -0.2) is 9.97 Å². The number of fused-ring (bicyclic) bond motifs is 11. The lowest BCUT2D eigenvalue weighted by atomic mass is 9.60. The number of anilines is 3. The summed E-state index contributed by atoms with van der Waals surface area (Å²) in [5.41, 5.74) is 16.6. The summed E-state index contributed by atoms with van der Waals surface area (Å²) >= 11 is 0. The van der Waals surface area contributed by atoms with E-state index in [4.69, 9.17) is 14.7 Å². The highest BCUT2D eigenvalue weighted by molar-refractivity contribution is 6.09. The van der Waals surface area contributed by atoms with E-state index >= 15 is 0 Å². The Hall–Kier alpha value is -9.32. The summed E-state index contributed by atoms with van der Waals surface area (Å²) in [7, 11) is 0. The lowest BCUT2D eigenvalue weighted by Gasteiger charge is -2.48. The Bertz CT molecular complexity index is 3780. The van der Waals surface area contributed by atoms with E-state index in [1.165, 1.54) is 21.8 Å². The normalized spacial score (nSPS) is 13.3. The minimum absolute atomic E-state index is 0.569. The van der Waals surface area contributed by atoms with Crippen molar-refractivity contribution >= 4 is 44.7 Å². The molecule has 5 heteroatoms. The van der Waals surface area contributed by atoms with Crippen molar-refractivity contribution in [3.8, 4) is 50.8 Å². The lowest BCUT2D eigenvalue weighted by Crippen LogP contribution is -2.40. The first kappa shape index (κ1) is 41.8. The first-order chi connectivity index (χ1) is 35.1. The standard InChI is InChI=1S/C66H46N4O/c1-3-4-7-20-44(2)48-35-39-61-55(41-48)66(53-27-14-18-31-63(53)71-64-32-19-15-28-54(64)66)56-42-49(45-33-37-50(38-34-45)69-59-29-16-12-25-51(59)52-26-13-17-30-60(52)69)36-40-62(56)70(61)65-67-57(46-21-8-5-9-22-46)43-58(68-65)47-23-10-6-11-24-47/h3-43H,2H2,1H3/b4-3-,20-7-. The van der Waals surface area contributed by atoms with Crippen LogP contribution in [-0.2, 0) is 5.41 Å². The van der Waals surface area contributed by atoms with Gasteiger partial charge in [-0.15, -0.1) is 0 Å². The maximum absolute atomic E-state index is 6.87. The second-order valence-electron chi connectivity index (χ2n) is 18.1. The molecule has 0 amide bonds. The van der Waals surface area contributed by atoms with E-state index < -0.39 is 5.41 Å². The minimum Gasteiger partial charge on any atom is -0.457 e. The second kappa shape index (κ2) is 17.0. The molecule has 71 heavy (non-hydrogen) atoms. The Balaban J connectivity index is 1.09. The Labute approximate surface area is 413 Å². The third-order valence-electron chi connectivity index (χ3n) is 14.1. The summed E-state index contributed by atoms with van der Waals surface area (Å²) in [6.07, 6.45) is 8.19. The molecule has 0 bridgehead atoms. The zero-order valence-electron chi connectivity index (χ0n) is 39.1. The van der Waals surface area contributed by atoms with Crippen LogP contribution in [0.3, 0.4) is 0 Å². The quantitative estimate of drug-likeness (QED) is 0.143. The predicted molar refractivity (Wildman–Crippen MR) is 292 cm³/mol. The number of benzene rings is 9. The zero-order valence-corrected chi connectivity index (χ0v) is 39.1. The van der Waals surface area contributed by atoms with Gasteiger partial charge in [0.15, 0.2) is 0 Å². The average Bonchev–Trinajstić information content (AvgIpc) is 3.77. The number of aromatic nitrogens is 3. The van der Waals surface area contributed by atoms with Crippen LogP contribution in [0.25, 0.3) is 66.7 Å². The van der Waals surface area contributed by atoms with Crippen molar-refractivity contribution in [1.29, 1.82) is 0 Å². The van der Waals surface area contributed by atoms with Crippen LogP contribution >= 0.6 is 0 Å². The highest BCUT2D eigenvalue weighted by atomic mass is 16.5. The van der Waals surface area contributed by atoms with Crippen LogP contribution in [0.5, 0.6) is 11.5 Å². The predicted octanol–water partition coefficient (Wildman–Crippen LogP) is 17.0. The second-order valence-corrected chi connectivity index (χ2v) is 18.1. The molecule has 0 aliphatic carbocycles. The molecule has 11 aromatic rings. The Morgan fingerprint density at radius 3 is 1.61 bits per heavy atom. The monoisotopic (exact) mass is 910 g/mol. The molecule has 0 saturated heterocycles. The van der Waals surface area contributed by atoms with E-state index in [2.05, 4.69) is 234 Å². The molecule has 336 valence electrons. The summed E-state index contributed by atoms with van der Waals surface area (Å²) in [5.74, 6) is 2.19. The van der Waals surface area contributed by atoms with Crippen LogP contribution < -0.4 is 9.64 Å². The highest BCUT2D eigenvalue weighted by Crippen LogP contribution is 2.63. The topological polar surface area (TPSA) is 43.2 Å². The molecule has 2 aliphatic heterocycles. The molecule has 0 unspecified atom stereocenters. The third-order valence-corrected chi connectivity index (χ3v) is 14.1. The number of nitrogens with zero attached hydrogens (tertiary/aromatic N) is 4. The van der Waals surface area contributed by atoms with E-state index in [1.807, 2.05) is 37.3 Å². The van der Waals surface area contributed by atoms with Gasteiger partial charge in [-0.2, -0.15) is 0 Å². The van der Waals surface area contributed by atoms with Gasteiger partial charge in [0.25, 0.3) is 0 Å². The van der Waals surface area contributed by atoms with Crippen LogP contribution in [-0.4, -0.2) is 14.5 Å². The van der Waals surface area contributed by atoms with Gasteiger partial charge in [0.2, 0.25) is 5.95 Å². The van der Waals surface area contributed by atoms with Crippen LogP contribution in [0.15, 0.2) is 255 Å². The summed E-state index contributed by atoms with van der Waals surface area (Å²) in [6.45, 7) is 6.63. The van der Waals surface area contributed by atoms with Gasteiger partial charge in [0.05, 0.1) is 39.2 Å². The van der Waals surface area contributed by atoms with Crippen LogP contribution in [0, 0.1) is 0 Å². The smallest absolute Gasteiger partial charge is 0.235 e. The van der Waals surface area contributed by atoms with Crippen molar-refractivity contribution in [2.24, 2.45) is 0 Å². The lowest BCUT2D eigenvalue weighted by molar-refractivity contribution is 0.434. The number of ether oxygens (including phenoxy) is 1. The van der Waals surface area contributed by atoms with Crippen molar-refractivity contribution < 1.29 is 4.74 Å². The molecule has 0 atom stereocenters. The maximum Gasteiger partial charge on any atom is 0.235 e. The van der Waals surface area contributed by atoms with E-state index in [-0.39, 0.29) is 0 Å². The van der Waals surface area contributed by atoms with E-state index in [9.17, 15) is 0 Å². The van der Waals surface area contributed by atoms with Gasteiger partial charge in [0.1, 0.15) is 11.5 Å². The molecule has 4 heterocycles. The van der Waals surface area contributed by atoms with E-state index in [0.29, 0.717) is 5.95 Å². The number of rotatable bonds is 8. The van der Waals surface area contributed by atoms with Crippen LogP contribution in [0.1, 0.15) is 34.7 Å². The third kappa shape index (κ3) is 6.77. The molecule has 1 spiro atoms. The highest BCUT2D eigenvalue weighted by Gasteiger charge is 2.52. The fraction of sp³-hybridized carbons (Fsp3) is 0.0303. The summed E-state index contributed by atoms with van der Waals surface area (Å²) in [6, 6.07) is 79.9. The number of para-hydroxylation sites is 4. The van der Waals surface area contributed by atoms with Gasteiger partial charge in [-0.05, 0) is 107 Å². The summed E-state index contributed by atoms with van der Waals surface area (Å²) in [5, 5.41) is 2.48. The first-order valence-corrected chi connectivity index (χ1v) is 24.1. The Kier molecular flexibility index (Phi) is 10.0. The summed E-state index contributed by atoms with van der Waals surface area (Å²) < 4.78 is 9.24. The molecule has 13 rings (SSSR count). The Morgan fingerprint density at radius 2 is 1.00 bits per heavy atom. The first-order valence-electron chi connectivity index (χ1n) is 24.1. The van der Waals surface area contributed by atoms with Gasteiger partial charge in [-0.3, -0.25) is 4.90 Å². The number of allylic oxidation sites excluding steroid dienone is 5.